The normalized spacial score (nSPS) is 17.2. The smallest absolute Gasteiger partial charge is 0.335 e. The molecule has 0 unspecified atom stereocenters. The zero-order valence-corrected chi connectivity index (χ0v) is 13.3. The summed E-state index contributed by atoms with van der Waals surface area (Å²) in [5, 5.41) is 13.5. The number of hydrogen-bond donors (Lipinski definition) is 1. The molecule has 0 bridgehead atoms. The largest absolute Gasteiger partial charge is 0.478 e. The Morgan fingerprint density at radius 2 is 1.83 bits per heavy atom. The molecule has 2 aromatic rings. The number of fused-ring (bicyclic) bond motifs is 1. The fourth-order valence-corrected chi connectivity index (χ4v) is 3.76. The maximum absolute atomic E-state index is 12.9. The first-order chi connectivity index (χ1) is 11.6. The minimum Gasteiger partial charge on any atom is -0.478 e. The number of carboxylic acids is 1. The molecular formula is C18H19N3O3. The first-order valence-electron chi connectivity index (χ1n) is 8.31. The van der Waals surface area contributed by atoms with E-state index in [1.807, 2.05) is 4.68 Å². The molecule has 1 saturated carbocycles. The second-order valence-electron chi connectivity index (χ2n) is 6.55. The van der Waals surface area contributed by atoms with E-state index < -0.39 is 5.97 Å². The van der Waals surface area contributed by atoms with Gasteiger partial charge in [0.2, 0.25) is 0 Å². The fourth-order valence-electron chi connectivity index (χ4n) is 3.76. The van der Waals surface area contributed by atoms with Gasteiger partial charge in [0.15, 0.2) is 0 Å². The zero-order valence-electron chi connectivity index (χ0n) is 13.3. The van der Waals surface area contributed by atoms with Gasteiger partial charge in [-0.1, -0.05) is 18.9 Å². The summed E-state index contributed by atoms with van der Waals surface area (Å²) in [7, 11) is 0. The topological polar surface area (TPSA) is 75.4 Å². The first kappa shape index (κ1) is 14.9. The Kier molecular flexibility index (Phi) is 3.59. The molecule has 0 saturated heterocycles. The number of carbonyl (C=O) groups is 2. The van der Waals surface area contributed by atoms with Crippen LogP contribution in [0.5, 0.6) is 0 Å². The maximum Gasteiger partial charge on any atom is 0.335 e. The number of aromatic nitrogens is 2. The molecule has 1 aromatic carbocycles. The Morgan fingerprint density at radius 1 is 1.08 bits per heavy atom. The van der Waals surface area contributed by atoms with Crippen molar-refractivity contribution in [3.05, 3.63) is 52.8 Å². The maximum atomic E-state index is 12.9. The lowest BCUT2D eigenvalue weighted by molar-refractivity contribution is 0.0696. The van der Waals surface area contributed by atoms with E-state index in [4.69, 9.17) is 5.11 Å². The predicted molar refractivity (Wildman–Crippen MR) is 86.7 cm³/mol. The van der Waals surface area contributed by atoms with Gasteiger partial charge in [-0.15, -0.1) is 0 Å². The van der Waals surface area contributed by atoms with Gasteiger partial charge < -0.3 is 10.0 Å². The summed E-state index contributed by atoms with van der Waals surface area (Å²) >= 11 is 0. The first-order valence-corrected chi connectivity index (χ1v) is 8.31. The van der Waals surface area contributed by atoms with Gasteiger partial charge in [-0.3, -0.25) is 9.48 Å². The van der Waals surface area contributed by atoms with Gasteiger partial charge in [-0.05, 0) is 42.2 Å². The van der Waals surface area contributed by atoms with Gasteiger partial charge in [0.05, 0.1) is 11.6 Å². The third-order valence-electron chi connectivity index (χ3n) is 5.02. The molecule has 1 aromatic heterocycles. The average molecular weight is 325 g/mol. The second kappa shape index (κ2) is 5.78. The lowest BCUT2D eigenvalue weighted by Crippen LogP contribution is -2.28. The van der Waals surface area contributed by atoms with Gasteiger partial charge in [0.1, 0.15) is 5.69 Å². The van der Waals surface area contributed by atoms with E-state index in [1.54, 1.807) is 35.4 Å². The molecule has 6 nitrogen and oxygen atoms in total. The van der Waals surface area contributed by atoms with Crippen LogP contribution in [-0.2, 0) is 13.1 Å². The number of rotatable bonds is 3. The van der Waals surface area contributed by atoms with E-state index in [2.05, 4.69) is 5.10 Å². The van der Waals surface area contributed by atoms with Crippen molar-refractivity contribution in [2.45, 2.75) is 44.8 Å². The summed E-state index contributed by atoms with van der Waals surface area (Å²) in [6.07, 6.45) is 6.21. The van der Waals surface area contributed by atoms with Crippen molar-refractivity contribution in [2.24, 2.45) is 0 Å². The Labute approximate surface area is 139 Å². The predicted octanol–water partition coefficient (Wildman–Crippen LogP) is 2.85. The number of carboxylic acid groups (broad SMARTS) is 1. The van der Waals surface area contributed by atoms with Crippen LogP contribution < -0.4 is 0 Å². The van der Waals surface area contributed by atoms with Crippen LogP contribution in [0.25, 0.3) is 0 Å². The van der Waals surface area contributed by atoms with Crippen molar-refractivity contribution >= 4 is 11.9 Å². The van der Waals surface area contributed by atoms with Crippen LogP contribution in [0.15, 0.2) is 30.5 Å². The van der Waals surface area contributed by atoms with Crippen molar-refractivity contribution in [1.29, 1.82) is 0 Å². The van der Waals surface area contributed by atoms with Crippen LogP contribution in [0.1, 0.15) is 63.7 Å². The number of nitrogens with zero attached hydrogens (tertiary/aromatic N) is 3. The van der Waals surface area contributed by atoms with E-state index >= 15 is 0 Å². The van der Waals surface area contributed by atoms with Crippen LogP contribution >= 0.6 is 0 Å². The molecule has 6 heteroatoms. The molecule has 0 atom stereocenters. The minimum absolute atomic E-state index is 0.0347. The van der Waals surface area contributed by atoms with E-state index in [1.165, 1.54) is 12.8 Å². The lowest BCUT2D eigenvalue weighted by Gasteiger charge is -2.19. The summed E-state index contributed by atoms with van der Waals surface area (Å²) in [6, 6.07) is 7.17. The molecule has 2 heterocycles. The fraction of sp³-hybridized carbons (Fsp3) is 0.389. The Bertz CT molecular complexity index is 806. The van der Waals surface area contributed by atoms with E-state index in [0.29, 0.717) is 24.8 Å². The summed E-state index contributed by atoms with van der Waals surface area (Å²) in [5.41, 5.74) is 2.82. The molecule has 2 aliphatic rings. The van der Waals surface area contributed by atoms with E-state index in [-0.39, 0.29) is 11.5 Å². The Hall–Kier alpha value is -2.63. The zero-order chi connectivity index (χ0) is 16.7. The molecule has 0 spiro atoms. The van der Waals surface area contributed by atoms with Crippen LogP contribution in [0.2, 0.25) is 0 Å². The molecule has 4 rings (SSSR count). The third kappa shape index (κ3) is 2.48. The highest BCUT2D eigenvalue weighted by Gasteiger charge is 2.29. The van der Waals surface area contributed by atoms with E-state index in [0.717, 1.165) is 24.0 Å². The monoisotopic (exact) mass is 325 g/mol. The van der Waals surface area contributed by atoms with Crippen LogP contribution in [-0.4, -0.2) is 31.7 Å². The summed E-state index contributed by atoms with van der Waals surface area (Å²) in [5.74, 6) is -0.977. The highest BCUT2D eigenvalue weighted by molar-refractivity contribution is 5.93. The van der Waals surface area contributed by atoms with Crippen molar-refractivity contribution in [3.8, 4) is 0 Å². The van der Waals surface area contributed by atoms with Gasteiger partial charge in [0.25, 0.3) is 5.91 Å². The molecule has 1 fully saturated rings. The SMILES string of the molecule is O=C(O)c1ccc2c(c1)CN(C(=O)c1ccnn1C1CCCC1)C2. The summed E-state index contributed by atoms with van der Waals surface area (Å²) in [4.78, 5) is 25.8. The average Bonchev–Trinajstić information content (AvgIpc) is 3.30. The van der Waals surface area contributed by atoms with Crippen molar-refractivity contribution in [1.82, 2.24) is 14.7 Å². The molecule has 1 N–H and O–H groups in total. The Balaban J connectivity index is 1.56. The van der Waals surface area contributed by atoms with Crippen LogP contribution in [0.4, 0.5) is 0 Å². The molecular weight excluding hydrogens is 306 g/mol. The van der Waals surface area contributed by atoms with Crippen LogP contribution in [0, 0.1) is 0 Å². The molecule has 1 aliphatic carbocycles. The summed E-state index contributed by atoms with van der Waals surface area (Å²) < 4.78 is 1.88. The number of amides is 1. The van der Waals surface area contributed by atoms with Crippen molar-refractivity contribution in [2.75, 3.05) is 0 Å². The molecule has 124 valence electrons. The van der Waals surface area contributed by atoms with Crippen molar-refractivity contribution < 1.29 is 14.7 Å². The number of hydrogen-bond acceptors (Lipinski definition) is 3. The number of carbonyl (C=O) groups excluding carboxylic acids is 1. The highest BCUT2D eigenvalue weighted by atomic mass is 16.4. The van der Waals surface area contributed by atoms with Gasteiger partial charge in [-0.25, -0.2) is 4.79 Å². The molecule has 24 heavy (non-hydrogen) atoms. The van der Waals surface area contributed by atoms with Crippen molar-refractivity contribution in [3.63, 3.8) is 0 Å². The quantitative estimate of drug-likeness (QED) is 0.941. The molecule has 0 radical (unpaired) electrons. The van der Waals surface area contributed by atoms with Gasteiger partial charge >= 0.3 is 5.97 Å². The molecule has 1 amide bonds. The van der Waals surface area contributed by atoms with E-state index in [9.17, 15) is 9.59 Å². The highest BCUT2D eigenvalue weighted by Crippen LogP contribution is 2.31. The Morgan fingerprint density at radius 3 is 2.58 bits per heavy atom. The van der Waals surface area contributed by atoms with Gasteiger partial charge in [-0.2, -0.15) is 5.10 Å². The summed E-state index contributed by atoms with van der Waals surface area (Å²) in [6.45, 7) is 0.967. The second-order valence-corrected chi connectivity index (χ2v) is 6.55. The van der Waals surface area contributed by atoms with Crippen LogP contribution in [0.3, 0.4) is 0 Å². The standard InChI is InChI=1S/C18H19N3O3/c22-17(16-7-8-19-21(16)15-3-1-2-4-15)20-10-13-6-5-12(18(23)24)9-14(13)11-20/h5-9,15H,1-4,10-11H2,(H,23,24). The lowest BCUT2D eigenvalue weighted by atomic mass is 10.1. The number of benzene rings is 1. The molecule has 1 aliphatic heterocycles. The number of aromatic carboxylic acids is 1. The van der Waals surface area contributed by atoms with Gasteiger partial charge in [0, 0.05) is 19.3 Å². The minimum atomic E-state index is -0.943. The third-order valence-corrected chi connectivity index (χ3v) is 5.02.